The summed E-state index contributed by atoms with van der Waals surface area (Å²) >= 11 is 1.28. The van der Waals surface area contributed by atoms with Crippen molar-refractivity contribution >= 4 is 23.4 Å². The van der Waals surface area contributed by atoms with Gasteiger partial charge >= 0.3 is 0 Å². The van der Waals surface area contributed by atoms with E-state index in [9.17, 15) is 4.79 Å². The first kappa shape index (κ1) is 18.9. The molecule has 0 saturated carbocycles. The topological polar surface area (TPSA) is 81.9 Å². The lowest BCUT2D eigenvalue weighted by atomic mass is 10.1. The maximum Gasteiger partial charge on any atom is 0.234 e. The molecule has 0 atom stereocenters. The number of carbonyl (C=O) groups excluding carboxylic acids is 1. The predicted octanol–water partition coefficient (Wildman–Crippen LogP) is 3.41. The van der Waals surface area contributed by atoms with Gasteiger partial charge in [0.2, 0.25) is 11.1 Å². The molecule has 0 aliphatic rings. The summed E-state index contributed by atoms with van der Waals surface area (Å²) in [5.74, 6) is 0.900. The van der Waals surface area contributed by atoms with Gasteiger partial charge in [0.15, 0.2) is 0 Å². The first-order valence-corrected chi connectivity index (χ1v) is 9.57. The van der Waals surface area contributed by atoms with Crippen molar-refractivity contribution in [3.8, 4) is 11.4 Å². The second-order valence-electron chi connectivity index (χ2n) is 5.96. The maximum absolute atomic E-state index is 12.3. The molecular weight excluding hydrogens is 362 g/mol. The van der Waals surface area contributed by atoms with Gasteiger partial charge < -0.3 is 10.1 Å². The van der Waals surface area contributed by atoms with Crippen LogP contribution in [0.2, 0.25) is 0 Å². The SMILES string of the molecule is CCOc1ccc(-n2nnnc2SCC(=O)Nc2cc(C)ccc2C)cc1. The molecule has 0 unspecified atom stereocenters. The van der Waals surface area contributed by atoms with Crippen LogP contribution in [0.15, 0.2) is 47.6 Å². The van der Waals surface area contributed by atoms with Gasteiger partial charge in [-0.05, 0) is 72.7 Å². The number of tetrazole rings is 1. The van der Waals surface area contributed by atoms with Gasteiger partial charge in [-0.3, -0.25) is 4.79 Å². The number of hydrogen-bond donors (Lipinski definition) is 1. The Balaban J connectivity index is 1.64. The van der Waals surface area contributed by atoms with E-state index < -0.39 is 0 Å². The minimum absolute atomic E-state index is 0.102. The molecule has 3 rings (SSSR count). The number of benzene rings is 2. The molecule has 2 aromatic carbocycles. The molecule has 140 valence electrons. The molecule has 0 spiro atoms. The van der Waals surface area contributed by atoms with Crippen LogP contribution in [0.5, 0.6) is 5.75 Å². The molecule has 1 amide bonds. The molecule has 8 heteroatoms. The Labute approximate surface area is 162 Å². The average molecular weight is 383 g/mol. The zero-order chi connectivity index (χ0) is 19.2. The molecule has 1 heterocycles. The number of thioether (sulfide) groups is 1. The first-order valence-electron chi connectivity index (χ1n) is 8.58. The highest BCUT2D eigenvalue weighted by molar-refractivity contribution is 7.99. The zero-order valence-electron chi connectivity index (χ0n) is 15.5. The molecular formula is C19H21N5O2S. The van der Waals surface area contributed by atoms with E-state index in [2.05, 4.69) is 20.8 Å². The lowest BCUT2D eigenvalue weighted by Crippen LogP contribution is -2.15. The summed E-state index contributed by atoms with van der Waals surface area (Å²) in [5, 5.41) is 15.2. The van der Waals surface area contributed by atoms with Gasteiger partial charge in [-0.1, -0.05) is 23.9 Å². The summed E-state index contributed by atoms with van der Waals surface area (Å²) in [4.78, 5) is 12.3. The van der Waals surface area contributed by atoms with E-state index in [1.165, 1.54) is 11.8 Å². The monoisotopic (exact) mass is 383 g/mol. The molecule has 7 nitrogen and oxygen atoms in total. The summed E-state index contributed by atoms with van der Waals surface area (Å²) in [6, 6.07) is 13.4. The second-order valence-corrected chi connectivity index (χ2v) is 6.90. The van der Waals surface area contributed by atoms with Gasteiger partial charge in [0, 0.05) is 5.69 Å². The molecule has 0 bridgehead atoms. The zero-order valence-corrected chi connectivity index (χ0v) is 16.3. The Morgan fingerprint density at radius 3 is 2.70 bits per heavy atom. The summed E-state index contributed by atoms with van der Waals surface area (Å²) < 4.78 is 7.05. The van der Waals surface area contributed by atoms with Crippen molar-refractivity contribution in [2.24, 2.45) is 0 Å². The van der Waals surface area contributed by atoms with Crippen LogP contribution in [-0.2, 0) is 4.79 Å². The molecule has 1 aromatic heterocycles. The Kier molecular flexibility index (Phi) is 6.08. The summed E-state index contributed by atoms with van der Waals surface area (Å²) in [5.41, 5.74) is 3.76. The summed E-state index contributed by atoms with van der Waals surface area (Å²) in [6.07, 6.45) is 0. The third-order valence-corrected chi connectivity index (χ3v) is 4.75. The number of rotatable bonds is 7. The van der Waals surface area contributed by atoms with E-state index in [0.29, 0.717) is 11.8 Å². The normalized spacial score (nSPS) is 10.6. The quantitative estimate of drug-likeness (QED) is 0.630. The van der Waals surface area contributed by atoms with Crippen LogP contribution in [0.1, 0.15) is 18.1 Å². The molecule has 3 aromatic rings. The molecule has 27 heavy (non-hydrogen) atoms. The summed E-state index contributed by atoms with van der Waals surface area (Å²) in [6.45, 7) is 6.51. The Morgan fingerprint density at radius 1 is 1.19 bits per heavy atom. The van der Waals surface area contributed by atoms with Gasteiger partial charge in [-0.2, -0.15) is 4.68 Å². The minimum Gasteiger partial charge on any atom is -0.494 e. The van der Waals surface area contributed by atoms with Gasteiger partial charge in [-0.15, -0.1) is 5.10 Å². The minimum atomic E-state index is -0.102. The second kappa shape index (κ2) is 8.68. The van der Waals surface area contributed by atoms with Gasteiger partial charge in [0.25, 0.3) is 0 Å². The third kappa shape index (κ3) is 4.85. The highest BCUT2D eigenvalue weighted by Gasteiger charge is 2.12. The number of anilines is 1. The lowest BCUT2D eigenvalue weighted by Gasteiger charge is -2.09. The number of carbonyl (C=O) groups is 1. The van der Waals surface area contributed by atoms with Crippen LogP contribution in [0.3, 0.4) is 0 Å². The predicted molar refractivity (Wildman–Crippen MR) is 106 cm³/mol. The molecule has 0 aliphatic carbocycles. The van der Waals surface area contributed by atoms with Gasteiger partial charge in [0.05, 0.1) is 18.0 Å². The standard InChI is InChI=1S/C19H21N5O2S/c1-4-26-16-9-7-15(8-10-16)24-19(21-22-23-24)27-12-18(25)20-17-11-13(2)5-6-14(17)3/h5-11H,4,12H2,1-3H3,(H,20,25). The number of aryl methyl sites for hydroxylation is 2. The highest BCUT2D eigenvalue weighted by Crippen LogP contribution is 2.21. The van der Waals surface area contributed by atoms with Gasteiger partial charge in [-0.25, -0.2) is 0 Å². The highest BCUT2D eigenvalue weighted by atomic mass is 32.2. The molecule has 1 N–H and O–H groups in total. The maximum atomic E-state index is 12.3. The Bertz CT molecular complexity index is 924. The Hall–Kier alpha value is -2.87. The largest absolute Gasteiger partial charge is 0.494 e. The molecule has 0 radical (unpaired) electrons. The molecule has 0 aliphatic heterocycles. The van der Waals surface area contributed by atoms with Crippen LogP contribution in [0, 0.1) is 13.8 Å². The fourth-order valence-electron chi connectivity index (χ4n) is 2.47. The van der Waals surface area contributed by atoms with E-state index in [1.807, 2.05) is 63.2 Å². The molecule has 0 fully saturated rings. The van der Waals surface area contributed by atoms with Crippen molar-refractivity contribution in [2.45, 2.75) is 25.9 Å². The Morgan fingerprint density at radius 2 is 1.96 bits per heavy atom. The van der Waals surface area contributed by atoms with Crippen LogP contribution >= 0.6 is 11.8 Å². The third-order valence-electron chi connectivity index (χ3n) is 3.83. The number of nitrogens with one attached hydrogen (secondary N) is 1. The van der Waals surface area contributed by atoms with Crippen molar-refractivity contribution in [1.29, 1.82) is 0 Å². The van der Waals surface area contributed by atoms with E-state index >= 15 is 0 Å². The number of ether oxygens (including phenoxy) is 1. The van der Waals surface area contributed by atoms with Crippen molar-refractivity contribution in [1.82, 2.24) is 20.2 Å². The number of aromatic nitrogens is 4. The van der Waals surface area contributed by atoms with Crippen molar-refractivity contribution in [3.05, 3.63) is 53.6 Å². The number of hydrogen-bond acceptors (Lipinski definition) is 6. The van der Waals surface area contributed by atoms with Crippen molar-refractivity contribution in [3.63, 3.8) is 0 Å². The molecule has 0 saturated heterocycles. The van der Waals surface area contributed by atoms with Crippen molar-refractivity contribution in [2.75, 3.05) is 17.7 Å². The fraction of sp³-hybridized carbons (Fsp3) is 0.263. The lowest BCUT2D eigenvalue weighted by molar-refractivity contribution is -0.113. The van der Waals surface area contributed by atoms with E-state index in [-0.39, 0.29) is 11.7 Å². The van der Waals surface area contributed by atoms with Crippen LogP contribution < -0.4 is 10.1 Å². The van der Waals surface area contributed by atoms with Gasteiger partial charge in [0.1, 0.15) is 5.75 Å². The number of amides is 1. The van der Waals surface area contributed by atoms with Crippen LogP contribution in [-0.4, -0.2) is 38.5 Å². The van der Waals surface area contributed by atoms with E-state index in [1.54, 1.807) is 4.68 Å². The first-order chi connectivity index (χ1) is 13.1. The van der Waals surface area contributed by atoms with Crippen LogP contribution in [0.4, 0.5) is 5.69 Å². The van der Waals surface area contributed by atoms with E-state index in [4.69, 9.17) is 4.74 Å². The smallest absolute Gasteiger partial charge is 0.234 e. The van der Waals surface area contributed by atoms with E-state index in [0.717, 1.165) is 28.3 Å². The number of nitrogens with zero attached hydrogens (tertiary/aromatic N) is 4. The average Bonchev–Trinajstić information content (AvgIpc) is 3.12. The van der Waals surface area contributed by atoms with Crippen molar-refractivity contribution < 1.29 is 9.53 Å². The summed E-state index contributed by atoms with van der Waals surface area (Å²) in [7, 11) is 0. The van der Waals surface area contributed by atoms with Crippen LogP contribution in [0.25, 0.3) is 5.69 Å². The fourth-order valence-corrected chi connectivity index (χ4v) is 3.16.